The molecule has 0 N–H and O–H groups in total. The molecule has 1 aromatic carbocycles. The lowest BCUT2D eigenvalue weighted by molar-refractivity contribution is 0.114. The minimum atomic E-state index is -0.358. The Hall–Kier alpha value is -1.69. The second kappa shape index (κ2) is 7.86. The summed E-state index contributed by atoms with van der Waals surface area (Å²) >= 11 is 5.81. The lowest BCUT2D eigenvalue weighted by Gasteiger charge is -2.43. The average molecular weight is 416 g/mol. The van der Waals surface area contributed by atoms with Crippen molar-refractivity contribution in [1.82, 2.24) is 14.4 Å². The van der Waals surface area contributed by atoms with E-state index in [1.54, 1.807) is 6.07 Å². The Kier molecular flexibility index (Phi) is 5.23. The van der Waals surface area contributed by atoms with Gasteiger partial charge in [-0.05, 0) is 62.0 Å². The van der Waals surface area contributed by atoms with Crippen LogP contribution in [0.3, 0.4) is 0 Å². The molecule has 0 spiro atoms. The number of benzene rings is 1. The number of likely N-dealkylation sites (tertiary alicyclic amines) is 2. The Morgan fingerprint density at radius 3 is 2.62 bits per heavy atom. The van der Waals surface area contributed by atoms with Gasteiger partial charge in [0.1, 0.15) is 5.82 Å². The van der Waals surface area contributed by atoms with Crippen molar-refractivity contribution >= 4 is 11.6 Å². The third kappa shape index (κ3) is 3.88. The van der Waals surface area contributed by atoms with Crippen molar-refractivity contribution in [2.24, 2.45) is 5.92 Å². The third-order valence-electron chi connectivity index (χ3n) is 6.74. The molecule has 0 aliphatic carbocycles. The molecule has 2 bridgehead atoms. The number of hydrogen-bond donors (Lipinski definition) is 0. The van der Waals surface area contributed by atoms with Crippen molar-refractivity contribution in [3.8, 4) is 0 Å². The summed E-state index contributed by atoms with van der Waals surface area (Å²) in [4.78, 5) is 17.9. The molecule has 1 aromatic heterocycles. The van der Waals surface area contributed by atoms with Gasteiger partial charge in [0.2, 0.25) is 0 Å². The molecule has 2 fully saturated rings. The van der Waals surface area contributed by atoms with Crippen LogP contribution in [-0.2, 0) is 19.6 Å². The van der Waals surface area contributed by atoms with Gasteiger partial charge in [-0.25, -0.2) is 4.39 Å². The highest BCUT2D eigenvalue weighted by atomic mass is 35.5. The molecule has 3 aliphatic rings. The standard InChI is InChI=1S/C23H27ClFN3O/c24-20-5-3-16(10-21(20)25)11-27-12-17-9-19(15-27)22-6-4-18(23(29)28(22)13-17)14-26-7-1-2-8-26/h3-6,10,17,19H,1-2,7-9,11-15H2/t17-,19+/m0/s1. The van der Waals surface area contributed by atoms with Crippen LogP contribution in [0, 0.1) is 11.7 Å². The van der Waals surface area contributed by atoms with Gasteiger partial charge in [-0.2, -0.15) is 0 Å². The Labute approximate surface area is 175 Å². The van der Waals surface area contributed by atoms with E-state index < -0.39 is 0 Å². The van der Waals surface area contributed by atoms with Crippen molar-refractivity contribution in [2.45, 2.75) is 44.8 Å². The molecule has 2 saturated heterocycles. The fourth-order valence-corrected chi connectivity index (χ4v) is 5.53. The van der Waals surface area contributed by atoms with E-state index in [-0.39, 0.29) is 16.4 Å². The van der Waals surface area contributed by atoms with Crippen molar-refractivity contribution < 1.29 is 4.39 Å². The Morgan fingerprint density at radius 1 is 1.00 bits per heavy atom. The summed E-state index contributed by atoms with van der Waals surface area (Å²) < 4.78 is 15.8. The summed E-state index contributed by atoms with van der Waals surface area (Å²) in [5, 5.41) is 0.169. The summed E-state index contributed by atoms with van der Waals surface area (Å²) in [6.45, 7) is 6.36. The average Bonchev–Trinajstić information content (AvgIpc) is 3.20. The van der Waals surface area contributed by atoms with Crippen LogP contribution in [0.15, 0.2) is 35.1 Å². The molecule has 0 amide bonds. The van der Waals surface area contributed by atoms with Gasteiger partial charge in [0.15, 0.2) is 0 Å². The molecular weight excluding hydrogens is 389 g/mol. The first-order valence-electron chi connectivity index (χ1n) is 10.7. The van der Waals surface area contributed by atoms with E-state index in [0.29, 0.717) is 11.8 Å². The van der Waals surface area contributed by atoms with Gasteiger partial charge in [0, 0.05) is 49.9 Å². The van der Waals surface area contributed by atoms with Gasteiger partial charge in [-0.3, -0.25) is 14.6 Å². The fraction of sp³-hybridized carbons (Fsp3) is 0.522. The zero-order chi connectivity index (χ0) is 20.0. The first kappa shape index (κ1) is 19.3. The smallest absolute Gasteiger partial charge is 0.255 e. The second-order valence-corrected chi connectivity index (χ2v) is 9.33. The van der Waals surface area contributed by atoms with Gasteiger partial charge in [-0.15, -0.1) is 0 Å². The minimum Gasteiger partial charge on any atom is -0.312 e. The highest BCUT2D eigenvalue weighted by molar-refractivity contribution is 6.30. The van der Waals surface area contributed by atoms with Crippen molar-refractivity contribution in [3.05, 3.63) is 68.3 Å². The molecule has 2 atom stereocenters. The molecule has 6 heteroatoms. The molecule has 29 heavy (non-hydrogen) atoms. The molecule has 3 aliphatic heterocycles. The van der Waals surface area contributed by atoms with E-state index in [2.05, 4.69) is 21.9 Å². The number of halogens is 2. The molecule has 4 heterocycles. The first-order chi connectivity index (χ1) is 14.1. The molecule has 5 rings (SSSR count). The topological polar surface area (TPSA) is 28.5 Å². The molecule has 154 valence electrons. The number of pyridine rings is 1. The SMILES string of the molecule is O=c1c(CN2CCCC2)ccc2n1C[C@H]1C[C@@H]2CN(Cc2ccc(Cl)c(F)c2)C1. The second-order valence-electron chi connectivity index (χ2n) is 8.92. The summed E-state index contributed by atoms with van der Waals surface area (Å²) in [7, 11) is 0. The number of nitrogens with zero attached hydrogens (tertiary/aromatic N) is 3. The van der Waals surface area contributed by atoms with Crippen LogP contribution in [-0.4, -0.2) is 40.5 Å². The van der Waals surface area contributed by atoms with Gasteiger partial charge in [0.25, 0.3) is 5.56 Å². The van der Waals surface area contributed by atoms with Crippen LogP contribution < -0.4 is 5.56 Å². The Morgan fingerprint density at radius 2 is 1.83 bits per heavy atom. The van der Waals surface area contributed by atoms with Crippen molar-refractivity contribution in [3.63, 3.8) is 0 Å². The molecular formula is C23H27ClFN3O. The molecule has 2 aromatic rings. The zero-order valence-electron chi connectivity index (χ0n) is 16.6. The van der Waals surface area contributed by atoms with Crippen LogP contribution >= 0.6 is 11.6 Å². The van der Waals surface area contributed by atoms with E-state index in [0.717, 1.165) is 63.4 Å². The van der Waals surface area contributed by atoms with Crippen molar-refractivity contribution in [1.29, 1.82) is 0 Å². The van der Waals surface area contributed by atoms with Crippen LogP contribution in [0.2, 0.25) is 5.02 Å². The monoisotopic (exact) mass is 415 g/mol. The maximum absolute atomic E-state index is 13.8. The molecule has 0 radical (unpaired) electrons. The lowest BCUT2D eigenvalue weighted by atomic mass is 9.82. The number of aromatic nitrogens is 1. The Bertz CT molecular complexity index is 969. The summed E-state index contributed by atoms with van der Waals surface area (Å²) in [6.07, 6.45) is 3.62. The Balaban J connectivity index is 1.34. The summed E-state index contributed by atoms with van der Waals surface area (Å²) in [5.74, 6) is 0.482. The van der Waals surface area contributed by atoms with Crippen LogP contribution in [0.25, 0.3) is 0 Å². The summed E-state index contributed by atoms with van der Waals surface area (Å²) in [5.41, 5.74) is 3.26. The van der Waals surface area contributed by atoms with Gasteiger partial charge in [0.05, 0.1) is 5.02 Å². The summed E-state index contributed by atoms with van der Waals surface area (Å²) in [6, 6.07) is 9.31. The van der Waals surface area contributed by atoms with E-state index in [1.165, 1.54) is 24.6 Å². The van der Waals surface area contributed by atoms with Gasteiger partial charge in [-0.1, -0.05) is 23.7 Å². The first-order valence-corrected chi connectivity index (χ1v) is 11.1. The third-order valence-corrected chi connectivity index (χ3v) is 7.05. The number of piperidine rings is 1. The maximum atomic E-state index is 13.8. The van der Waals surface area contributed by atoms with Crippen LogP contribution in [0.4, 0.5) is 4.39 Å². The maximum Gasteiger partial charge on any atom is 0.255 e. The van der Waals surface area contributed by atoms with Crippen LogP contribution in [0.1, 0.15) is 42.0 Å². The van der Waals surface area contributed by atoms with Crippen molar-refractivity contribution in [2.75, 3.05) is 26.2 Å². The largest absolute Gasteiger partial charge is 0.312 e. The molecule has 0 unspecified atom stereocenters. The van der Waals surface area contributed by atoms with Gasteiger partial charge >= 0.3 is 0 Å². The lowest BCUT2D eigenvalue weighted by Crippen LogP contribution is -2.47. The highest BCUT2D eigenvalue weighted by Gasteiger charge is 2.35. The molecule has 4 nitrogen and oxygen atoms in total. The zero-order valence-corrected chi connectivity index (χ0v) is 17.4. The van der Waals surface area contributed by atoms with Crippen LogP contribution in [0.5, 0.6) is 0 Å². The fourth-order valence-electron chi connectivity index (χ4n) is 5.42. The predicted molar refractivity (Wildman–Crippen MR) is 113 cm³/mol. The van der Waals surface area contributed by atoms with Gasteiger partial charge < -0.3 is 4.57 Å². The van der Waals surface area contributed by atoms with E-state index in [1.807, 2.05) is 10.6 Å². The normalized spacial score (nSPS) is 24.6. The predicted octanol–water partition coefficient (Wildman–Crippen LogP) is 3.86. The minimum absolute atomic E-state index is 0.169. The quantitative estimate of drug-likeness (QED) is 0.759. The number of hydrogen-bond acceptors (Lipinski definition) is 3. The number of rotatable bonds is 4. The highest BCUT2D eigenvalue weighted by Crippen LogP contribution is 2.36. The molecule has 0 saturated carbocycles. The van der Waals surface area contributed by atoms with E-state index in [9.17, 15) is 9.18 Å². The van der Waals surface area contributed by atoms with E-state index in [4.69, 9.17) is 11.6 Å². The number of fused-ring (bicyclic) bond motifs is 4. The van der Waals surface area contributed by atoms with E-state index >= 15 is 0 Å².